The van der Waals surface area contributed by atoms with Gasteiger partial charge in [-0.2, -0.15) is 4.99 Å². The largest absolute Gasteiger partial charge is 0.316 e. The van der Waals surface area contributed by atoms with Crippen molar-refractivity contribution in [3.05, 3.63) is 58.6 Å². The second-order valence-electron chi connectivity index (χ2n) is 6.74. The highest BCUT2D eigenvalue weighted by Crippen LogP contribution is 2.23. The van der Waals surface area contributed by atoms with E-state index in [0.29, 0.717) is 22.6 Å². The minimum absolute atomic E-state index is 0.207. The molecule has 2 heterocycles. The smallest absolute Gasteiger partial charge is 0.279 e. The lowest BCUT2D eigenvalue weighted by molar-refractivity contribution is -0.121. The highest BCUT2D eigenvalue weighted by Gasteiger charge is 2.30. The molecule has 0 saturated carbocycles. The van der Waals surface area contributed by atoms with Crippen molar-refractivity contribution in [2.75, 3.05) is 4.90 Å². The molecule has 0 bridgehead atoms. The molecule has 1 aromatic heterocycles. The summed E-state index contributed by atoms with van der Waals surface area (Å²) in [4.78, 5) is 42.3. The number of carbonyl (C=O) groups excluding carboxylic acids is 3. The first kappa shape index (κ1) is 19.2. The minimum Gasteiger partial charge on any atom is -0.316 e. The number of amides is 3. The Kier molecular flexibility index (Phi) is 5.10. The number of imide groups is 1. The van der Waals surface area contributed by atoms with Gasteiger partial charge in [-0.05, 0) is 48.9 Å². The first-order valence-corrected chi connectivity index (χ1v) is 10.1. The van der Waals surface area contributed by atoms with Gasteiger partial charge in [0.25, 0.3) is 5.91 Å². The fourth-order valence-corrected chi connectivity index (χ4v) is 4.42. The molecule has 6 nitrogen and oxygen atoms in total. The maximum absolute atomic E-state index is 13.6. The summed E-state index contributed by atoms with van der Waals surface area (Å²) < 4.78 is 16.2. The van der Waals surface area contributed by atoms with Crippen molar-refractivity contribution in [1.29, 1.82) is 0 Å². The third-order valence-electron chi connectivity index (χ3n) is 4.71. The van der Waals surface area contributed by atoms with Gasteiger partial charge in [0.05, 0.1) is 15.9 Å². The van der Waals surface area contributed by atoms with Crippen LogP contribution in [-0.4, -0.2) is 22.3 Å². The van der Waals surface area contributed by atoms with Crippen LogP contribution in [0.5, 0.6) is 0 Å². The predicted molar refractivity (Wildman–Crippen MR) is 108 cm³/mol. The number of thiazole rings is 1. The number of aromatic nitrogens is 1. The summed E-state index contributed by atoms with van der Waals surface area (Å²) >= 11 is 1.26. The normalized spacial score (nSPS) is 15.0. The van der Waals surface area contributed by atoms with Crippen LogP contribution in [0.1, 0.15) is 36.5 Å². The van der Waals surface area contributed by atoms with E-state index in [1.807, 2.05) is 11.5 Å². The number of aryl methyl sites for hydroxylation is 1. The third kappa shape index (κ3) is 3.63. The first-order valence-electron chi connectivity index (χ1n) is 9.31. The molecule has 0 atom stereocenters. The summed E-state index contributed by atoms with van der Waals surface area (Å²) in [5, 5.41) is 0. The molecule has 1 aliphatic heterocycles. The number of halogens is 1. The van der Waals surface area contributed by atoms with E-state index in [0.717, 1.165) is 21.5 Å². The summed E-state index contributed by atoms with van der Waals surface area (Å²) in [6, 6.07) is 10.8. The van der Waals surface area contributed by atoms with E-state index in [1.165, 1.54) is 23.5 Å². The highest BCUT2D eigenvalue weighted by molar-refractivity contribution is 7.16. The van der Waals surface area contributed by atoms with E-state index >= 15 is 0 Å². The zero-order chi connectivity index (χ0) is 20.5. The second-order valence-corrected chi connectivity index (χ2v) is 7.74. The second kappa shape index (κ2) is 7.71. The molecule has 1 fully saturated rings. The topological polar surface area (TPSA) is 71.7 Å². The Morgan fingerprint density at radius 3 is 2.45 bits per heavy atom. The van der Waals surface area contributed by atoms with Gasteiger partial charge in [0.1, 0.15) is 5.82 Å². The molecule has 0 radical (unpaired) electrons. The lowest BCUT2D eigenvalue weighted by atomic mass is 10.2. The van der Waals surface area contributed by atoms with Crippen LogP contribution in [0, 0.1) is 5.82 Å². The molecule has 3 aromatic rings. The summed E-state index contributed by atoms with van der Waals surface area (Å²) in [6.07, 6.45) is 1.26. The number of anilines is 1. The van der Waals surface area contributed by atoms with E-state index in [-0.39, 0.29) is 30.5 Å². The van der Waals surface area contributed by atoms with Gasteiger partial charge in [-0.3, -0.25) is 19.3 Å². The van der Waals surface area contributed by atoms with Crippen LogP contribution in [-0.2, 0) is 16.1 Å². The molecule has 0 spiro atoms. The number of benzene rings is 2. The summed E-state index contributed by atoms with van der Waals surface area (Å²) in [6.45, 7) is 2.68. The standard InChI is InChI=1S/C21H18FN3O3S/c1-2-11-24-16-8-5-14(22)12-17(16)29-21(24)23-20(28)13-3-6-15(7-4-13)25-18(26)9-10-19(25)27/h3-8,12H,2,9-11H2,1H3. The molecular formula is C21H18FN3O3S. The van der Waals surface area contributed by atoms with E-state index in [4.69, 9.17) is 0 Å². The Labute approximate surface area is 169 Å². The van der Waals surface area contributed by atoms with Crippen molar-refractivity contribution in [3.8, 4) is 0 Å². The maximum Gasteiger partial charge on any atom is 0.279 e. The van der Waals surface area contributed by atoms with Gasteiger partial charge in [0, 0.05) is 24.9 Å². The third-order valence-corrected chi connectivity index (χ3v) is 5.75. The van der Waals surface area contributed by atoms with Gasteiger partial charge < -0.3 is 4.57 Å². The molecule has 0 N–H and O–H groups in total. The average molecular weight is 411 g/mol. The molecule has 1 aliphatic rings. The van der Waals surface area contributed by atoms with Gasteiger partial charge in [0.2, 0.25) is 11.8 Å². The van der Waals surface area contributed by atoms with Crippen molar-refractivity contribution in [3.63, 3.8) is 0 Å². The van der Waals surface area contributed by atoms with Crippen LogP contribution in [0.15, 0.2) is 47.5 Å². The zero-order valence-corrected chi connectivity index (χ0v) is 16.5. The number of rotatable bonds is 4. The van der Waals surface area contributed by atoms with E-state index < -0.39 is 5.91 Å². The lowest BCUT2D eigenvalue weighted by Crippen LogP contribution is -2.28. The van der Waals surface area contributed by atoms with Crippen LogP contribution in [0.2, 0.25) is 0 Å². The van der Waals surface area contributed by atoms with Crippen LogP contribution < -0.4 is 9.70 Å². The van der Waals surface area contributed by atoms with Gasteiger partial charge in [0.15, 0.2) is 4.80 Å². The SMILES string of the molecule is CCCn1c(=NC(=O)c2ccc(N3C(=O)CCC3=O)cc2)sc2cc(F)ccc21. The van der Waals surface area contributed by atoms with E-state index in [2.05, 4.69) is 4.99 Å². The Balaban J connectivity index is 1.68. The summed E-state index contributed by atoms with van der Waals surface area (Å²) in [7, 11) is 0. The van der Waals surface area contributed by atoms with Crippen molar-refractivity contribution in [2.45, 2.75) is 32.7 Å². The van der Waals surface area contributed by atoms with Crippen LogP contribution >= 0.6 is 11.3 Å². The monoisotopic (exact) mass is 411 g/mol. The molecule has 0 unspecified atom stereocenters. The van der Waals surface area contributed by atoms with Crippen molar-refractivity contribution >= 4 is 45.0 Å². The van der Waals surface area contributed by atoms with Crippen molar-refractivity contribution in [1.82, 2.24) is 4.57 Å². The van der Waals surface area contributed by atoms with Gasteiger partial charge in [-0.25, -0.2) is 4.39 Å². The predicted octanol–water partition coefficient (Wildman–Crippen LogP) is 3.65. The molecule has 148 valence electrons. The molecule has 29 heavy (non-hydrogen) atoms. The number of fused-ring (bicyclic) bond motifs is 1. The quantitative estimate of drug-likeness (QED) is 0.616. The molecular weight excluding hydrogens is 393 g/mol. The molecule has 0 aliphatic carbocycles. The van der Waals surface area contributed by atoms with E-state index in [9.17, 15) is 18.8 Å². The molecule has 8 heteroatoms. The number of hydrogen-bond donors (Lipinski definition) is 0. The Bertz CT molecular complexity index is 1180. The molecule has 3 amide bonds. The van der Waals surface area contributed by atoms with Crippen LogP contribution in [0.3, 0.4) is 0 Å². The summed E-state index contributed by atoms with van der Waals surface area (Å²) in [5.74, 6) is -1.25. The summed E-state index contributed by atoms with van der Waals surface area (Å²) in [5.41, 5.74) is 1.64. The first-order chi connectivity index (χ1) is 14.0. The Hall–Kier alpha value is -3.13. The zero-order valence-electron chi connectivity index (χ0n) is 15.7. The molecule has 1 saturated heterocycles. The van der Waals surface area contributed by atoms with E-state index in [1.54, 1.807) is 30.3 Å². The highest BCUT2D eigenvalue weighted by atomic mass is 32.1. The van der Waals surface area contributed by atoms with Crippen molar-refractivity contribution < 1.29 is 18.8 Å². The number of nitrogens with zero attached hydrogens (tertiary/aromatic N) is 3. The number of carbonyl (C=O) groups is 3. The fraction of sp³-hybridized carbons (Fsp3) is 0.238. The molecule has 2 aromatic carbocycles. The average Bonchev–Trinajstić information content (AvgIpc) is 3.21. The van der Waals surface area contributed by atoms with Crippen LogP contribution in [0.25, 0.3) is 10.2 Å². The van der Waals surface area contributed by atoms with Gasteiger partial charge >= 0.3 is 0 Å². The fourth-order valence-electron chi connectivity index (χ4n) is 3.34. The maximum atomic E-state index is 13.6. The lowest BCUT2D eigenvalue weighted by Gasteiger charge is -2.13. The Morgan fingerprint density at radius 2 is 1.79 bits per heavy atom. The Morgan fingerprint density at radius 1 is 1.10 bits per heavy atom. The number of hydrogen-bond acceptors (Lipinski definition) is 4. The minimum atomic E-state index is -0.437. The van der Waals surface area contributed by atoms with Gasteiger partial charge in [-0.15, -0.1) is 0 Å². The van der Waals surface area contributed by atoms with Gasteiger partial charge in [-0.1, -0.05) is 18.3 Å². The van der Waals surface area contributed by atoms with Crippen LogP contribution in [0.4, 0.5) is 10.1 Å². The van der Waals surface area contributed by atoms with Crippen molar-refractivity contribution in [2.24, 2.45) is 4.99 Å². The molecule has 4 rings (SSSR count).